The molecule has 224 valence electrons. The number of nitrogens with one attached hydrogen (secondary N) is 1. The van der Waals surface area contributed by atoms with Gasteiger partial charge in [-0.2, -0.15) is 0 Å². The number of anilines is 1. The number of halogens is 2. The maximum Gasteiger partial charge on any atom is 0.264 e. The van der Waals surface area contributed by atoms with Gasteiger partial charge in [-0.05, 0) is 79.8 Å². The van der Waals surface area contributed by atoms with Crippen molar-refractivity contribution in [3.63, 3.8) is 0 Å². The number of hydrogen-bond donors (Lipinski definition) is 1. The normalized spacial score (nSPS) is 14.7. The highest BCUT2D eigenvalue weighted by molar-refractivity contribution is 7.92. The number of hydrogen-bond acceptors (Lipinski definition) is 4. The van der Waals surface area contributed by atoms with E-state index in [1.165, 1.54) is 35.2 Å². The average molecular weight is 631 g/mol. The summed E-state index contributed by atoms with van der Waals surface area (Å²) in [4.78, 5) is 29.4. The Morgan fingerprint density at radius 1 is 0.929 bits per heavy atom. The summed E-state index contributed by atoms with van der Waals surface area (Å²) in [7, 11) is -4.20. The monoisotopic (exact) mass is 629 g/mol. The second kappa shape index (κ2) is 14.4. The number of carbonyl (C=O) groups is 2. The topological polar surface area (TPSA) is 86.8 Å². The summed E-state index contributed by atoms with van der Waals surface area (Å²) < 4.78 is 28.9. The molecule has 4 rings (SSSR count). The Hall–Kier alpha value is -3.07. The predicted octanol–water partition coefficient (Wildman–Crippen LogP) is 6.75. The summed E-state index contributed by atoms with van der Waals surface area (Å²) >= 11 is 12.3. The second-order valence-electron chi connectivity index (χ2n) is 10.7. The molecule has 3 aromatic rings. The van der Waals surface area contributed by atoms with Gasteiger partial charge < -0.3 is 10.2 Å². The Morgan fingerprint density at radius 2 is 1.62 bits per heavy atom. The lowest BCUT2D eigenvalue weighted by Crippen LogP contribution is -2.54. The van der Waals surface area contributed by atoms with Crippen molar-refractivity contribution < 1.29 is 18.0 Å². The highest BCUT2D eigenvalue weighted by Crippen LogP contribution is 2.28. The fraction of sp³-hybridized carbons (Fsp3) is 0.375. The van der Waals surface area contributed by atoms with E-state index in [0.29, 0.717) is 16.5 Å². The first-order valence-electron chi connectivity index (χ1n) is 14.3. The number of aryl methyl sites for hydroxylation is 1. The van der Waals surface area contributed by atoms with Gasteiger partial charge in [0.2, 0.25) is 11.8 Å². The summed E-state index contributed by atoms with van der Waals surface area (Å²) in [5.74, 6) is -0.720. The molecule has 1 saturated carbocycles. The second-order valence-corrected chi connectivity index (χ2v) is 13.4. The maximum atomic E-state index is 14.2. The molecule has 0 bridgehead atoms. The number of amides is 2. The Bertz CT molecular complexity index is 1490. The quantitative estimate of drug-likeness (QED) is 0.254. The molecule has 1 aliphatic rings. The number of carbonyl (C=O) groups excluding carboxylic acids is 2. The Balaban J connectivity index is 1.71. The van der Waals surface area contributed by atoms with Crippen LogP contribution in [0.2, 0.25) is 10.0 Å². The van der Waals surface area contributed by atoms with Crippen LogP contribution in [0.3, 0.4) is 0 Å². The van der Waals surface area contributed by atoms with Crippen LogP contribution in [0.1, 0.15) is 56.6 Å². The zero-order chi connectivity index (χ0) is 30.3. The van der Waals surface area contributed by atoms with E-state index in [-0.39, 0.29) is 29.1 Å². The molecule has 7 nitrogen and oxygen atoms in total. The Labute approximate surface area is 258 Å². The van der Waals surface area contributed by atoms with Gasteiger partial charge in [0.15, 0.2) is 0 Å². The minimum atomic E-state index is -4.20. The lowest BCUT2D eigenvalue weighted by molar-refractivity contribution is -0.140. The molecule has 1 N–H and O–H groups in total. The van der Waals surface area contributed by atoms with Crippen molar-refractivity contribution >= 4 is 50.7 Å². The molecular weight excluding hydrogens is 593 g/mol. The third kappa shape index (κ3) is 7.85. The molecule has 3 aromatic carbocycles. The predicted molar refractivity (Wildman–Crippen MR) is 168 cm³/mol. The fourth-order valence-corrected chi connectivity index (χ4v) is 7.05. The van der Waals surface area contributed by atoms with Gasteiger partial charge in [-0.25, -0.2) is 8.42 Å². The SMILES string of the molecule is CC[C@@H](C(=O)NC1CCCCC1)N(Cc1ccccc1C)C(=O)CN(c1cccc(Cl)c1)S(=O)(=O)c1ccc(Cl)cc1. The molecule has 2 amide bonds. The third-order valence-electron chi connectivity index (χ3n) is 7.72. The third-order valence-corrected chi connectivity index (χ3v) is 9.99. The van der Waals surface area contributed by atoms with Crippen LogP contribution in [0.4, 0.5) is 5.69 Å². The largest absolute Gasteiger partial charge is 0.352 e. The first-order valence-corrected chi connectivity index (χ1v) is 16.5. The van der Waals surface area contributed by atoms with Crippen LogP contribution in [-0.2, 0) is 26.2 Å². The average Bonchev–Trinajstić information content (AvgIpc) is 2.97. The molecule has 10 heteroatoms. The summed E-state index contributed by atoms with van der Waals surface area (Å²) in [6, 6.07) is 19.1. The van der Waals surface area contributed by atoms with Crippen LogP contribution in [-0.4, -0.2) is 43.8 Å². The Morgan fingerprint density at radius 3 is 2.26 bits per heavy atom. The van der Waals surface area contributed by atoms with E-state index in [0.717, 1.165) is 47.5 Å². The van der Waals surface area contributed by atoms with Gasteiger partial charge in [-0.1, -0.05) is 79.7 Å². The first-order chi connectivity index (χ1) is 20.1. The fourth-order valence-electron chi connectivity index (χ4n) is 5.33. The van der Waals surface area contributed by atoms with Gasteiger partial charge in [-0.15, -0.1) is 0 Å². The minimum Gasteiger partial charge on any atom is -0.352 e. The molecule has 1 fully saturated rings. The zero-order valence-corrected chi connectivity index (χ0v) is 26.3. The molecule has 0 spiro atoms. The number of rotatable bonds is 11. The Kier molecular flexibility index (Phi) is 10.9. The van der Waals surface area contributed by atoms with E-state index in [2.05, 4.69) is 5.32 Å². The highest BCUT2D eigenvalue weighted by atomic mass is 35.5. The van der Waals surface area contributed by atoms with Gasteiger partial charge in [0, 0.05) is 22.6 Å². The molecule has 0 aromatic heterocycles. The first kappa shape index (κ1) is 31.9. The lowest BCUT2D eigenvalue weighted by atomic mass is 9.95. The molecule has 0 radical (unpaired) electrons. The van der Waals surface area contributed by atoms with Crippen molar-refractivity contribution in [2.45, 2.75) is 75.9 Å². The smallest absolute Gasteiger partial charge is 0.264 e. The van der Waals surface area contributed by atoms with Crippen molar-refractivity contribution in [3.05, 3.63) is 94.0 Å². The zero-order valence-electron chi connectivity index (χ0n) is 23.9. The van der Waals surface area contributed by atoms with Gasteiger partial charge in [0.1, 0.15) is 12.6 Å². The number of benzene rings is 3. The lowest BCUT2D eigenvalue weighted by Gasteiger charge is -2.34. The van der Waals surface area contributed by atoms with Crippen LogP contribution >= 0.6 is 23.2 Å². The van der Waals surface area contributed by atoms with E-state index < -0.39 is 28.5 Å². The van der Waals surface area contributed by atoms with Crippen molar-refractivity contribution in [2.75, 3.05) is 10.8 Å². The standard InChI is InChI=1S/C32H37Cl2N3O4S/c1-3-30(32(39)35-27-13-5-4-6-14-27)36(21-24-11-8-7-10-23(24)2)31(38)22-37(28-15-9-12-26(34)20-28)42(40,41)29-18-16-25(33)17-19-29/h7-12,15-20,27,30H,3-6,13-14,21-22H2,1-2H3,(H,35,39)/t30-/m0/s1. The van der Waals surface area contributed by atoms with Gasteiger partial charge in [-0.3, -0.25) is 13.9 Å². The number of nitrogens with zero attached hydrogens (tertiary/aromatic N) is 2. The van der Waals surface area contributed by atoms with Crippen LogP contribution in [0, 0.1) is 6.92 Å². The number of sulfonamides is 1. The van der Waals surface area contributed by atoms with E-state index in [4.69, 9.17) is 23.2 Å². The van der Waals surface area contributed by atoms with Gasteiger partial charge in [0.05, 0.1) is 10.6 Å². The van der Waals surface area contributed by atoms with Gasteiger partial charge >= 0.3 is 0 Å². The van der Waals surface area contributed by atoms with E-state index >= 15 is 0 Å². The molecule has 0 unspecified atom stereocenters. The summed E-state index contributed by atoms with van der Waals surface area (Å²) in [5, 5.41) is 3.88. The van der Waals surface area contributed by atoms with Crippen LogP contribution in [0.5, 0.6) is 0 Å². The summed E-state index contributed by atoms with van der Waals surface area (Å²) in [6.07, 6.45) is 5.47. The van der Waals surface area contributed by atoms with E-state index in [1.54, 1.807) is 18.2 Å². The molecular formula is C32H37Cl2N3O4S. The van der Waals surface area contributed by atoms with Crippen LogP contribution in [0.15, 0.2) is 77.7 Å². The van der Waals surface area contributed by atoms with Gasteiger partial charge in [0.25, 0.3) is 10.0 Å². The minimum absolute atomic E-state index is 0.0211. The van der Waals surface area contributed by atoms with Crippen LogP contribution in [0.25, 0.3) is 0 Å². The van der Waals surface area contributed by atoms with E-state index in [1.807, 2.05) is 38.1 Å². The van der Waals surface area contributed by atoms with Crippen molar-refractivity contribution in [1.82, 2.24) is 10.2 Å². The molecule has 1 aliphatic carbocycles. The molecule has 42 heavy (non-hydrogen) atoms. The molecule has 0 aliphatic heterocycles. The van der Waals surface area contributed by atoms with Crippen molar-refractivity contribution in [3.8, 4) is 0 Å². The molecule has 1 atom stereocenters. The van der Waals surface area contributed by atoms with Crippen molar-refractivity contribution in [1.29, 1.82) is 0 Å². The maximum absolute atomic E-state index is 14.2. The van der Waals surface area contributed by atoms with Crippen LogP contribution < -0.4 is 9.62 Å². The van der Waals surface area contributed by atoms with Crippen molar-refractivity contribution in [2.24, 2.45) is 0 Å². The summed E-state index contributed by atoms with van der Waals surface area (Å²) in [5.41, 5.74) is 2.09. The molecule has 0 heterocycles. The summed E-state index contributed by atoms with van der Waals surface area (Å²) in [6.45, 7) is 3.45. The van der Waals surface area contributed by atoms with E-state index in [9.17, 15) is 18.0 Å². The highest BCUT2D eigenvalue weighted by Gasteiger charge is 2.34. The molecule has 0 saturated heterocycles.